The molecule has 1 aliphatic heterocycles. The van der Waals surface area contributed by atoms with E-state index in [1.165, 1.54) is 18.1 Å². The fourth-order valence-corrected chi connectivity index (χ4v) is 5.45. The van der Waals surface area contributed by atoms with E-state index in [1.807, 2.05) is 47.3 Å². The Kier molecular flexibility index (Phi) is 4.95. The molecule has 0 bridgehead atoms. The third-order valence-electron chi connectivity index (χ3n) is 7.12. The Balaban J connectivity index is 1.50. The number of hydrogen-bond donors (Lipinski definition) is 1. The molecule has 3 atom stereocenters. The zero-order chi connectivity index (χ0) is 22.5. The van der Waals surface area contributed by atoms with Crippen LogP contribution in [-0.4, -0.2) is 33.7 Å². The first-order valence-electron chi connectivity index (χ1n) is 11.2. The molecule has 1 N–H and O–H groups in total. The average Bonchev–Trinajstić information content (AvgIpc) is 3.35. The second kappa shape index (κ2) is 7.57. The summed E-state index contributed by atoms with van der Waals surface area (Å²) in [6, 6.07) is 7.73. The molecular formula is C26H29N3O3. The quantitative estimate of drug-likeness (QED) is 0.706. The van der Waals surface area contributed by atoms with E-state index >= 15 is 0 Å². The van der Waals surface area contributed by atoms with Crippen LogP contribution >= 0.6 is 0 Å². The van der Waals surface area contributed by atoms with Crippen LogP contribution in [0.2, 0.25) is 0 Å². The van der Waals surface area contributed by atoms with Gasteiger partial charge in [-0.15, -0.1) is 13.2 Å². The van der Waals surface area contributed by atoms with Crippen molar-refractivity contribution in [2.45, 2.75) is 57.5 Å². The zero-order valence-electron chi connectivity index (χ0n) is 18.6. The van der Waals surface area contributed by atoms with Gasteiger partial charge in [-0.05, 0) is 55.2 Å². The molecule has 166 valence electrons. The Morgan fingerprint density at radius 2 is 1.91 bits per heavy atom. The topological polar surface area (TPSA) is 65.4 Å². The number of carbonyl (C=O) groups excluding carboxylic acids is 1. The van der Waals surface area contributed by atoms with Crippen molar-refractivity contribution in [3.05, 3.63) is 72.6 Å². The van der Waals surface area contributed by atoms with Gasteiger partial charge in [-0.3, -0.25) is 4.79 Å². The highest BCUT2D eigenvalue weighted by atomic mass is 16.8. The summed E-state index contributed by atoms with van der Waals surface area (Å²) in [7, 11) is 0. The summed E-state index contributed by atoms with van der Waals surface area (Å²) in [6.07, 6.45) is 11.1. The minimum Gasteiger partial charge on any atom is -0.339 e. The number of rotatable bonds is 4. The molecule has 0 unspecified atom stereocenters. The molecule has 3 aliphatic rings. The maximum atomic E-state index is 11.3. The van der Waals surface area contributed by atoms with Crippen LogP contribution in [0.3, 0.4) is 0 Å². The summed E-state index contributed by atoms with van der Waals surface area (Å²) < 4.78 is 15.1. The molecular weight excluding hydrogens is 402 g/mol. The van der Waals surface area contributed by atoms with Crippen LogP contribution in [0, 0.1) is 5.41 Å². The average molecular weight is 432 g/mol. The molecule has 5 rings (SSSR count). The summed E-state index contributed by atoms with van der Waals surface area (Å²) in [5, 5.41) is 7.50. The van der Waals surface area contributed by atoms with Crippen LogP contribution in [0.1, 0.15) is 44.4 Å². The van der Waals surface area contributed by atoms with E-state index in [0.717, 1.165) is 42.8 Å². The normalized spacial score (nSPS) is 27.9. The number of carbonyl (C=O) groups is 1. The van der Waals surface area contributed by atoms with Crippen LogP contribution in [0.25, 0.3) is 11.8 Å². The van der Waals surface area contributed by atoms with Gasteiger partial charge in [-0.2, -0.15) is 5.10 Å². The zero-order valence-corrected chi connectivity index (χ0v) is 18.6. The Labute approximate surface area is 188 Å². The molecule has 1 amide bonds. The van der Waals surface area contributed by atoms with Crippen molar-refractivity contribution in [1.29, 1.82) is 0 Å². The molecule has 1 aromatic heterocycles. The van der Waals surface area contributed by atoms with Gasteiger partial charge in [0.05, 0.1) is 17.6 Å². The molecule has 1 spiro atoms. The Bertz CT molecular complexity index is 1100. The number of benzene rings is 1. The van der Waals surface area contributed by atoms with Crippen molar-refractivity contribution in [3.63, 3.8) is 0 Å². The van der Waals surface area contributed by atoms with E-state index in [0.29, 0.717) is 0 Å². The van der Waals surface area contributed by atoms with Gasteiger partial charge in [0, 0.05) is 24.4 Å². The second-order valence-corrected chi connectivity index (χ2v) is 9.12. The minimum absolute atomic E-state index is 0.0850. The smallest absolute Gasteiger partial charge is 0.221 e. The SMILES string of the molecule is C=C[C@H]1OC2(CCCC3=Cc4c(cnn4-c4ccc(NC(C)=O)cc4)C[C@@]32C)O[C@@H]1C=C. The molecule has 6 nitrogen and oxygen atoms in total. The highest BCUT2D eigenvalue weighted by molar-refractivity contribution is 5.88. The van der Waals surface area contributed by atoms with Gasteiger partial charge >= 0.3 is 0 Å². The van der Waals surface area contributed by atoms with Crippen molar-refractivity contribution in [3.8, 4) is 5.69 Å². The number of aromatic nitrogens is 2. The molecule has 2 aromatic rings. The summed E-state index contributed by atoms with van der Waals surface area (Å²) in [5.41, 5.74) is 5.05. The lowest BCUT2D eigenvalue weighted by molar-refractivity contribution is -0.243. The second-order valence-electron chi connectivity index (χ2n) is 9.12. The van der Waals surface area contributed by atoms with Gasteiger partial charge in [0.15, 0.2) is 5.79 Å². The van der Waals surface area contributed by atoms with Gasteiger partial charge in [-0.1, -0.05) is 24.6 Å². The fourth-order valence-electron chi connectivity index (χ4n) is 5.45. The maximum Gasteiger partial charge on any atom is 0.221 e. The van der Waals surface area contributed by atoms with Crippen LogP contribution < -0.4 is 5.32 Å². The van der Waals surface area contributed by atoms with Crippen LogP contribution in [0.4, 0.5) is 5.69 Å². The summed E-state index contributed by atoms with van der Waals surface area (Å²) in [4.78, 5) is 11.3. The van der Waals surface area contributed by atoms with E-state index < -0.39 is 5.79 Å². The molecule has 1 aromatic carbocycles. The third kappa shape index (κ3) is 3.09. The van der Waals surface area contributed by atoms with Gasteiger partial charge < -0.3 is 14.8 Å². The molecule has 32 heavy (non-hydrogen) atoms. The standard InChI is InChI=1S/C26H29N3O3/c1-5-23-24(6-2)32-26(31-23)13-7-8-19-14-22-18(15-25(19,26)4)16-27-29(22)21-11-9-20(10-12-21)28-17(3)30/h5-6,9-12,14,16,23-24H,1-2,7-8,13,15H2,3-4H3,(H,28,30)/t23-,24-,25+/m1/s1. The number of fused-ring (bicyclic) bond motifs is 3. The first kappa shape index (κ1) is 20.9. The molecule has 0 radical (unpaired) electrons. The van der Waals surface area contributed by atoms with E-state index in [2.05, 4.69) is 31.5 Å². The van der Waals surface area contributed by atoms with Crippen molar-refractivity contribution in [2.75, 3.05) is 5.32 Å². The Morgan fingerprint density at radius 3 is 2.53 bits per heavy atom. The lowest BCUT2D eigenvalue weighted by Gasteiger charge is -2.51. The predicted molar refractivity (Wildman–Crippen MR) is 124 cm³/mol. The predicted octanol–water partition coefficient (Wildman–Crippen LogP) is 4.81. The number of nitrogens with one attached hydrogen (secondary N) is 1. The van der Waals surface area contributed by atoms with Gasteiger partial charge in [0.25, 0.3) is 0 Å². The van der Waals surface area contributed by atoms with Crippen molar-refractivity contribution in [1.82, 2.24) is 9.78 Å². The summed E-state index contributed by atoms with van der Waals surface area (Å²) >= 11 is 0. The molecule has 6 heteroatoms. The first-order chi connectivity index (χ1) is 15.4. The highest BCUT2D eigenvalue weighted by Gasteiger charge is 2.61. The van der Waals surface area contributed by atoms with Crippen molar-refractivity contribution >= 4 is 17.7 Å². The molecule has 2 heterocycles. The van der Waals surface area contributed by atoms with E-state index in [9.17, 15) is 4.79 Å². The summed E-state index contributed by atoms with van der Waals surface area (Å²) in [6.45, 7) is 11.6. The lowest BCUT2D eigenvalue weighted by atomic mass is 9.62. The minimum atomic E-state index is -0.686. The number of ether oxygens (including phenoxy) is 2. The largest absolute Gasteiger partial charge is 0.339 e. The lowest BCUT2D eigenvalue weighted by Crippen LogP contribution is -2.53. The van der Waals surface area contributed by atoms with Crippen molar-refractivity contribution < 1.29 is 14.3 Å². The number of anilines is 1. The number of amides is 1. The Morgan fingerprint density at radius 1 is 1.22 bits per heavy atom. The molecule has 1 saturated heterocycles. The van der Waals surface area contributed by atoms with E-state index in [1.54, 1.807) is 0 Å². The number of hydrogen-bond acceptors (Lipinski definition) is 4. The van der Waals surface area contributed by atoms with Crippen LogP contribution in [0.5, 0.6) is 0 Å². The first-order valence-corrected chi connectivity index (χ1v) is 11.2. The van der Waals surface area contributed by atoms with Gasteiger partial charge in [0.1, 0.15) is 12.2 Å². The Hall–Kier alpha value is -2.96. The fraction of sp³-hybridized carbons (Fsp3) is 0.385. The van der Waals surface area contributed by atoms with E-state index in [-0.39, 0.29) is 23.5 Å². The molecule has 2 aliphatic carbocycles. The van der Waals surface area contributed by atoms with Crippen molar-refractivity contribution in [2.24, 2.45) is 5.41 Å². The number of nitrogens with zero attached hydrogens (tertiary/aromatic N) is 2. The maximum absolute atomic E-state index is 11.3. The monoisotopic (exact) mass is 431 g/mol. The third-order valence-corrected chi connectivity index (χ3v) is 7.12. The molecule has 2 fully saturated rings. The van der Waals surface area contributed by atoms with Gasteiger partial charge in [0.2, 0.25) is 5.91 Å². The van der Waals surface area contributed by atoms with E-state index in [4.69, 9.17) is 14.6 Å². The summed E-state index contributed by atoms with van der Waals surface area (Å²) in [5.74, 6) is -0.771. The van der Waals surface area contributed by atoms with Crippen LogP contribution in [-0.2, 0) is 20.7 Å². The highest BCUT2D eigenvalue weighted by Crippen LogP contribution is 2.58. The molecule has 1 saturated carbocycles. The van der Waals surface area contributed by atoms with Crippen LogP contribution in [0.15, 0.2) is 61.3 Å². The van der Waals surface area contributed by atoms with Gasteiger partial charge in [-0.25, -0.2) is 4.68 Å².